The van der Waals surface area contributed by atoms with E-state index in [2.05, 4.69) is 37.7 Å². The monoisotopic (exact) mass is 345 g/mol. The van der Waals surface area contributed by atoms with Crippen molar-refractivity contribution in [3.8, 4) is 5.95 Å². The zero-order chi connectivity index (χ0) is 12.3. The molecule has 1 heterocycles. The van der Waals surface area contributed by atoms with Gasteiger partial charge in [-0.25, -0.2) is 0 Å². The van der Waals surface area contributed by atoms with Crippen LogP contribution in [0.2, 0.25) is 0 Å². The molecule has 7 heteroatoms. The zero-order valence-electron chi connectivity index (χ0n) is 8.59. The fraction of sp³-hybridized carbons (Fsp3) is 0.100. The van der Waals surface area contributed by atoms with Crippen molar-refractivity contribution in [1.82, 2.24) is 5.27 Å². The molecule has 0 fully saturated rings. The smallest absolute Gasteiger partial charge is 0.292 e. The molecule has 0 bridgehead atoms. The second-order valence-electron chi connectivity index (χ2n) is 3.27. The van der Waals surface area contributed by atoms with Crippen LogP contribution in [0.3, 0.4) is 0 Å². The lowest BCUT2D eigenvalue weighted by molar-refractivity contribution is -0.750. The molecule has 6 nitrogen and oxygen atoms in total. The van der Waals surface area contributed by atoms with Crippen molar-refractivity contribution >= 4 is 34.2 Å². The minimum atomic E-state index is -0.577. The van der Waals surface area contributed by atoms with Gasteiger partial charge in [0.15, 0.2) is 0 Å². The first-order valence-electron chi connectivity index (χ1n) is 4.72. The van der Waals surface area contributed by atoms with Gasteiger partial charge in [0.05, 0.1) is 5.27 Å². The number of carbonyl (C=O) groups is 1. The molecule has 17 heavy (non-hydrogen) atoms. The molecule has 1 aromatic carbocycles. The number of halogens is 1. The second kappa shape index (κ2) is 5.13. The van der Waals surface area contributed by atoms with E-state index in [-0.39, 0.29) is 12.5 Å². The van der Waals surface area contributed by atoms with Crippen LogP contribution in [0.5, 0.6) is 5.95 Å². The molecule has 0 spiro atoms. The van der Waals surface area contributed by atoms with E-state index in [4.69, 9.17) is 0 Å². The molecule has 0 atom stereocenters. The highest BCUT2D eigenvalue weighted by atomic mass is 127. The Morgan fingerprint density at radius 1 is 1.47 bits per heavy atom. The van der Waals surface area contributed by atoms with Gasteiger partial charge in [0.25, 0.3) is 12.5 Å². The molecule has 1 aromatic heterocycles. The first-order chi connectivity index (χ1) is 8.13. The number of nitrogens with one attached hydrogen (secondary N) is 1. The summed E-state index contributed by atoms with van der Waals surface area (Å²) in [6, 6.07) is 7.36. The lowest BCUT2D eigenvalue weighted by Crippen LogP contribution is -2.41. The highest BCUT2D eigenvalue weighted by Gasteiger charge is 2.11. The summed E-state index contributed by atoms with van der Waals surface area (Å²) >= 11 is 2.18. The zero-order valence-corrected chi connectivity index (χ0v) is 10.7. The van der Waals surface area contributed by atoms with Gasteiger partial charge in [0.1, 0.15) is 5.95 Å². The van der Waals surface area contributed by atoms with E-state index in [0.717, 1.165) is 14.4 Å². The standard InChI is InChI=1S/C10H8IN3O3/c11-7-1-3-8(4-2-7)12-9(15)5-14-6-10(16)17-13-14/h1-4,6H,5H2,(H-,12,13,15,16). The Bertz CT molecular complexity index is 524. The van der Waals surface area contributed by atoms with Crippen molar-refractivity contribution in [3.05, 3.63) is 34.0 Å². The quantitative estimate of drug-likeness (QED) is 0.640. The predicted octanol–water partition coefficient (Wildman–Crippen LogP) is 0.279. The van der Waals surface area contributed by atoms with E-state index < -0.39 is 5.95 Å². The third-order valence-electron chi connectivity index (χ3n) is 1.92. The average Bonchev–Trinajstić information content (AvgIpc) is 2.67. The normalized spacial score (nSPS) is 10.2. The van der Waals surface area contributed by atoms with Crippen LogP contribution in [0.1, 0.15) is 0 Å². The molecule has 0 saturated carbocycles. The SMILES string of the molecule is O=C(C[n+]1cc([O-])on1)Nc1ccc(I)cc1. The predicted molar refractivity (Wildman–Crippen MR) is 63.9 cm³/mol. The molecular weight excluding hydrogens is 337 g/mol. The molecular formula is C10H8IN3O3. The molecule has 2 rings (SSSR count). The van der Waals surface area contributed by atoms with Gasteiger partial charge in [-0.05, 0) is 46.9 Å². The lowest BCUT2D eigenvalue weighted by Gasteiger charge is -2.01. The molecule has 0 aliphatic carbocycles. The van der Waals surface area contributed by atoms with Crippen LogP contribution in [-0.4, -0.2) is 11.2 Å². The molecule has 2 aromatic rings. The number of rotatable bonds is 3. The fourth-order valence-corrected chi connectivity index (χ4v) is 1.58. The van der Waals surface area contributed by atoms with Gasteiger partial charge in [-0.15, -0.1) is 0 Å². The number of hydrogen-bond acceptors (Lipinski definition) is 4. The van der Waals surface area contributed by atoms with Crippen molar-refractivity contribution in [2.24, 2.45) is 0 Å². The average molecular weight is 345 g/mol. The Morgan fingerprint density at radius 3 is 2.76 bits per heavy atom. The van der Waals surface area contributed by atoms with Crippen LogP contribution < -0.4 is 15.1 Å². The highest BCUT2D eigenvalue weighted by molar-refractivity contribution is 14.1. The van der Waals surface area contributed by atoms with Gasteiger partial charge in [0, 0.05) is 9.26 Å². The van der Waals surface area contributed by atoms with E-state index in [1.807, 2.05) is 12.1 Å². The molecule has 0 aliphatic heterocycles. The van der Waals surface area contributed by atoms with Crippen LogP contribution in [0, 0.1) is 3.57 Å². The van der Waals surface area contributed by atoms with Crippen LogP contribution in [-0.2, 0) is 11.3 Å². The Labute approximate surface area is 110 Å². The van der Waals surface area contributed by atoms with Crippen molar-refractivity contribution in [1.29, 1.82) is 0 Å². The number of amides is 1. The summed E-state index contributed by atoms with van der Waals surface area (Å²) in [7, 11) is 0. The van der Waals surface area contributed by atoms with Gasteiger partial charge in [0.2, 0.25) is 6.20 Å². The molecule has 0 saturated heterocycles. The Balaban J connectivity index is 1.95. The van der Waals surface area contributed by atoms with Crippen LogP contribution in [0.25, 0.3) is 0 Å². The number of anilines is 1. The minimum Gasteiger partial charge on any atom is -0.539 e. The largest absolute Gasteiger partial charge is 0.539 e. The summed E-state index contributed by atoms with van der Waals surface area (Å²) in [5, 5.41) is 16.7. The van der Waals surface area contributed by atoms with Crippen molar-refractivity contribution in [3.63, 3.8) is 0 Å². The van der Waals surface area contributed by atoms with E-state index in [1.165, 1.54) is 0 Å². The van der Waals surface area contributed by atoms with Crippen LogP contribution in [0.4, 0.5) is 5.69 Å². The van der Waals surface area contributed by atoms with Gasteiger partial charge in [-0.2, -0.15) is 0 Å². The first-order valence-corrected chi connectivity index (χ1v) is 5.80. The maximum Gasteiger partial charge on any atom is 0.292 e. The van der Waals surface area contributed by atoms with E-state index >= 15 is 0 Å². The number of nitrogens with zero attached hydrogens (tertiary/aromatic N) is 2. The van der Waals surface area contributed by atoms with Crippen molar-refractivity contribution in [2.75, 3.05) is 5.32 Å². The van der Waals surface area contributed by atoms with E-state index in [1.54, 1.807) is 12.1 Å². The summed E-state index contributed by atoms with van der Waals surface area (Å²) < 4.78 is 6.54. The molecule has 1 N–H and O–H groups in total. The first kappa shape index (κ1) is 11.8. The van der Waals surface area contributed by atoms with E-state index in [9.17, 15) is 9.90 Å². The van der Waals surface area contributed by atoms with Crippen molar-refractivity contribution < 1.29 is 19.1 Å². The Kier molecular flexibility index (Phi) is 3.57. The fourth-order valence-electron chi connectivity index (χ4n) is 1.22. The third-order valence-corrected chi connectivity index (χ3v) is 2.64. The molecule has 0 aliphatic rings. The van der Waals surface area contributed by atoms with Gasteiger partial charge in [-0.3, -0.25) is 4.79 Å². The molecule has 1 amide bonds. The maximum absolute atomic E-state index is 11.6. The third kappa shape index (κ3) is 3.41. The van der Waals surface area contributed by atoms with Crippen molar-refractivity contribution in [2.45, 2.75) is 6.54 Å². The van der Waals surface area contributed by atoms with E-state index in [0.29, 0.717) is 5.69 Å². The van der Waals surface area contributed by atoms with Crippen LogP contribution in [0.15, 0.2) is 35.0 Å². The van der Waals surface area contributed by atoms with Gasteiger partial charge >= 0.3 is 0 Å². The molecule has 0 radical (unpaired) electrons. The topological polar surface area (TPSA) is 82.1 Å². The summed E-state index contributed by atoms with van der Waals surface area (Å²) in [6.07, 6.45) is 1.12. The number of benzene rings is 1. The number of hydrogen-bond donors (Lipinski definition) is 1. The summed E-state index contributed by atoms with van der Waals surface area (Å²) in [6.45, 7) is -0.0578. The molecule has 0 unspecified atom stereocenters. The Morgan fingerprint density at radius 2 is 2.18 bits per heavy atom. The lowest BCUT2D eigenvalue weighted by atomic mass is 10.3. The van der Waals surface area contributed by atoms with Gasteiger partial charge in [-0.1, -0.05) is 4.68 Å². The van der Waals surface area contributed by atoms with Gasteiger partial charge < -0.3 is 14.9 Å². The summed E-state index contributed by atoms with van der Waals surface area (Å²) in [5.74, 6) is -0.850. The highest BCUT2D eigenvalue weighted by Crippen LogP contribution is 2.10. The number of carbonyl (C=O) groups excluding carboxylic acids is 1. The Hall–Kier alpha value is -1.64. The number of aromatic nitrogens is 2. The van der Waals surface area contributed by atoms with Crippen LogP contribution >= 0.6 is 22.6 Å². The minimum absolute atomic E-state index is 0.0578. The summed E-state index contributed by atoms with van der Waals surface area (Å²) in [5.41, 5.74) is 0.696. The maximum atomic E-state index is 11.6. The molecule has 88 valence electrons. The summed E-state index contributed by atoms with van der Waals surface area (Å²) in [4.78, 5) is 11.6. The second-order valence-corrected chi connectivity index (χ2v) is 4.52.